The first-order valence-electron chi connectivity index (χ1n) is 12.5. The Labute approximate surface area is 241 Å². The lowest BCUT2D eigenvalue weighted by molar-refractivity contribution is -0.114. The summed E-state index contributed by atoms with van der Waals surface area (Å²) in [5.74, 6) is -0.628. The van der Waals surface area contributed by atoms with E-state index in [1.165, 1.54) is 30.7 Å². The highest BCUT2D eigenvalue weighted by Crippen LogP contribution is 2.27. The number of amides is 1. The second-order valence-electron chi connectivity index (χ2n) is 9.19. The van der Waals surface area contributed by atoms with Gasteiger partial charge < -0.3 is 4.74 Å². The lowest BCUT2D eigenvalue weighted by atomic mass is 9.95. The van der Waals surface area contributed by atoms with Gasteiger partial charge in [0.2, 0.25) is 0 Å². The minimum atomic E-state index is -4.16. The Morgan fingerprint density at radius 3 is 2.55 bits per heavy atom. The van der Waals surface area contributed by atoms with E-state index < -0.39 is 15.9 Å². The highest BCUT2D eigenvalue weighted by Gasteiger charge is 2.21. The molecule has 40 heavy (non-hydrogen) atoms. The number of carbonyl (C=O) groups excluding carboxylic acids is 1. The number of hydrogen-bond acceptors (Lipinski definition) is 5. The van der Waals surface area contributed by atoms with Gasteiger partial charge in [-0.3, -0.25) is 9.48 Å². The Hall–Kier alpha value is -4.21. The third-order valence-electron chi connectivity index (χ3n) is 6.38. The van der Waals surface area contributed by atoms with E-state index in [9.17, 15) is 13.2 Å². The standard InChI is InChI=1S/C31H26BrN3O4S/c1-39-29-13-12-28(32)20-30(29)40(37,38)34-31(36)14-11-25-10-8-23(21-35-16-4-15-33-35)19-27(25)18-22-7-9-24-5-2-3-6-26(24)17-22/h2-17,19-20H,18,21H2,1H3,(H,34,36)/b14-11+. The maximum Gasteiger partial charge on any atom is 0.268 e. The van der Waals surface area contributed by atoms with Crippen molar-refractivity contribution in [1.82, 2.24) is 14.5 Å². The number of carbonyl (C=O) groups is 1. The first-order valence-corrected chi connectivity index (χ1v) is 14.7. The summed E-state index contributed by atoms with van der Waals surface area (Å²) in [7, 11) is -2.79. The summed E-state index contributed by atoms with van der Waals surface area (Å²) >= 11 is 3.27. The van der Waals surface area contributed by atoms with Gasteiger partial charge in [0.1, 0.15) is 10.6 Å². The highest BCUT2D eigenvalue weighted by molar-refractivity contribution is 9.10. The minimum Gasteiger partial charge on any atom is -0.495 e. The van der Waals surface area contributed by atoms with Crippen LogP contribution < -0.4 is 9.46 Å². The summed E-state index contributed by atoms with van der Waals surface area (Å²) < 4.78 is 35.5. The van der Waals surface area contributed by atoms with Gasteiger partial charge in [0.25, 0.3) is 15.9 Å². The van der Waals surface area contributed by atoms with Gasteiger partial charge >= 0.3 is 0 Å². The smallest absolute Gasteiger partial charge is 0.268 e. The zero-order valence-corrected chi connectivity index (χ0v) is 24.0. The molecule has 1 amide bonds. The van der Waals surface area contributed by atoms with Crippen molar-refractivity contribution in [2.24, 2.45) is 0 Å². The first-order chi connectivity index (χ1) is 19.3. The number of benzene rings is 4. The summed E-state index contributed by atoms with van der Waals surface area (Å²) in [4.78, 5) is 12.6. The Balaban J connectivity index is 1.42. The molecule has 0 unspecified atom stereocenters. The van der Waals surface area contributed by atoms with Crippen molar-refractivity contribution in [3.05, 3.63) is 130 Å². The van der Waals surface area contributed by atoms with Crippen LogP contribution in [0.1, 0.15) is 22.3 Å². The van der Waals surface area contributed by atoms with E-state index in [1.807, 2.05) is 41.2 Å². The molecule has 7 nitrogen and oxygen atoms in total. The van der Waals surface area contributed by atoms with Crippen LogP contribution in [0, 0.1) is 0 Å². The van der Waals surface area contributed by atoms with Gasteiger partial charge in [-0.05, 0) is 69.8 Å². The molecule has 0 saturated carbocycles. The van der Waals surface area contributed by atoms with E-state index in [0.717, 1.165) is 27.6 Å². The van der Waals surface area contributed by atoms with Crippen LogP contribution in [0.2, 0.25) is 0 Å². The molecule has 5 aromatic rings. The lowest BCUT2D eigenvalue weighted by Gasteiger charge is -2.12. The zero-order chi connectivity index (χ0) is 28.1. The summed E-state index contributed by atoms with van der Waals surface area (Å²) in [6.07, 6.45) is 7.14. The molecule has 1 aromatic heterocycles. The fraction of sp³-hybridized carbons (Fsp3) is 0.0968. The van der Waals surface area contributed by atoms with Crippen LogP contribution in [-0.4, -0.2) is 31.2 Å². The number of hydrogen-bond donors (Lipinski definition) is 1. The van der Waals surface area contributed by atoms with Crippen LogP contribution in [0.5, 0.6) is 5.75 Å². The average Bonchev–Trinajstić information content (AvgIpc) is 3.45. The van der Waals surface area contributed by atoms with E-state index in [4.69, 9.17) is 4.74 Å². The van der Waals surface area contributed by atoms with Gasteiger partial charge in [-0.15, -0.1) is 0 Å². The Morgan fingerprint density at radius 2 is 1.77 bits per heavy atom. The number of aromatic nitrogens is 2. The van der Waals surface area contributed by atoms with E-state index in [-0.39, 0.29) is 10.6 Å². The third kappa shape index (κ3) is 6.50. The zero-order valence-electron chi connectivity index (χ0n) is 21.6. The molecule has 202 valence electrons. The van der Waals surface area contributed by atoms with Crippen molar-refractivity contribution >= 4 is 48.7 Å². The molecule has 1 N–H and O–H groups in total. The van der Waals surface area contributed by atoms with Crippen LogP contribution in [-0.2, 0) is 27.8 Å². The van der Waals surface area contributed by atoms with Crippen molar-refractivity contribution in [2.45, 2.75) is 17.9 Å². The molecular weight excluding hydrogens is 590 g/mol. The molecule has 0 spiro atoms. The minimum absolute atomic E-state index is 0.133. The number of halogens is 1. The van der Waals surface area contributed by atoms with Crippen molar-refractivity contribution in [2.75, 3.05) is 7.11 Å². The van der Waals surface area contributed by atoms with Crippen molar-refractivity contribution < 1.29 is 17.9 Å². The molecule has 0 saturated heterocycles. The molecule has 0 aliphatic rings. The molecule has 9 heteroatoms. The number of rotatable bonds is 9. The Bertz CT molecular complexity index is 1820. The maximum absolute atomic E-state index is 12.9. The number of nitrogens with one attached hydrogen (secondary N) is 1. The topological polar surface area (TPSA) is 90.3 Å². The molecule has 0 aliphatic carbocycles. The molecule has 0 fully saturated rings. The molecular formula is C31H26BrN3O4S. The number of sulfonamides is 1. The largest absolute Gasteiger partial charge is 0.495 e. The monoisotopic (exact) mass is 615 g/mol. The van der Waals surface area contributed by atoms with Crippen molar-refractivity contribution in [3.63, 3.8) is 0 Å². The average molecular weight is 617 g/mol. The SMILES string of the molecule is COc1ccc(Br)cc1S(=O)(=O)NC(=O)/C=C/c1ccc(Cn2cccn2)cc1Cc1ccc2ccccc2c1. The molecule has 0 aliphatic heterocycles. The third-order valence-corrected chi connectivity index (χ3v) is 8.25. The molecule has 0 atom stereocenters. The molecule has 5 rings (SSSR count). The van der Waals surface area contributed by atoms with Gasteiger partial charge in [-0.2, -0.15) is 5.10 Å². The maximum atomic E-state index is 12.9. The first kappa shape index (κ1) is 27.4. The van der Waals surface area contributed by atoms with E-state index >= 15 is 0 Å². The van der Waals surface area contributed by atoms with Gasteiger partial charge in [0, 0.05) is 22.9 Å². The van der Waals surface area contributed by atoms with Crippen LogP contribution in [0.25, 0.3) is 16.8 Å². The highest BCUT2D eigenvalue weighted by atomic mass is 79.9. The second kappa shape index (κ2) is 11.9. The predicted octanol–water partition coefficient (Wildman–Crippen LogP) is 5.96. The molecule has 1 heterocycles. The summed E-state index contributed by atoms with van der Waals surface area (Å²) in [5, 5.41) is 6.61. The summed E-state index contributed by atoms with van der Waals surface area (Å²) in [5.41, 5.74) is 3.99. The quantitative estimate of drug-likeness (QED) is 0.206. The number of ether oxygens (including phenoxy) is 1. The van der Waals surface area contributed by atoms with Crippen LogP contribution in [0.4, 0.5) is 0 Å². The normalized spacial score (nSPS) is 11.7. The van der Waals surface area contributed by atoms with E-state index in [0.29, 0.717) is 17.4 Å². The van der Waals surface area contributed by atoms with Gasteiger partial charge in [-0.25, -0.2) is 13.1 Å². The van der Waals surface area contributed by atoms with Gasteiger partial charge in [0.15, 0.2) is 0 Å². The Morgan fingerprint density at radius 1 is 0.975 bits per heavy atom. The number of fused-ring (bicyclic) bond motifs is 1. The lowest BCUT2D eigenvalue weighted by Crippen LogP contribution is -2.29. The van der Waals surface area contributed by atoms with Crippen LogP contribution in [0.15, 0.2) is 113 Å². The number of nitrogens with zero attached hydrogens (tertiary/aromatic N) is 2. The van der Waals surface area contributed by atoms with E-state index in [2.05, 4.69) is 62.1 Å². The summed E-state index contributed by atoms with van der Waals surface area (Å²) in [6.45, 7) is 0.606. The van der Waals surface area contributed by atoms with Gasteiger partial charge in [-0.1, -0.05) is 76.6 Å². The number of methoxy groups -OCH3 is 1. The van der Waals surface area contributed by atoms with Gasteiger partial charge in [0.05, 0.1) is 13.7 Å². The summed E-state index contributed by atoms with van der Waals surface area (Å²) in [6, 6.07) is 27.0. The molecule has 0 bridgehead atoms. The molecule has 0 radical (unpaired) electrons. The Kier molecular flexibility index (Phi) is 8.14. The van der Waals surface area contributed by atoms with Crippen molar-refractivity contribution in [1.29, 1.82) is 0 Å². The fourth-order valence-corrected chi connectivity index (χ4v) is 6.12. The van der Waals surface area contributed by atoms with Crippen LogP contribution in [0.3, 0.4) is 0 Å². The van der Waals surface area contributed by atoms with E-state index in [1.54, 1.807) is 18.3 Å². The molecule has 4 aromatic carbocycles. The van der Waals surface area contributed by atoms with Crippen molar-refractivity contribution in [3.8, 4) is 5.75 Å². The fourth-order valence-electron chi connectivity index (χ4n) is 4.47. The predicted molar refractivity (Wildman–Crippen MR) is 160 cm³/mol. The van der Waals surface area contributed by atoms with Crippen LogP contribution >= 0.6 is 15.9 Å². The second-order valence-corrected chi connectivity index (χ2v) is 11.8.